The van der Waals surface area contributed by atoms with E-state index in [-0.39, 0.29) is 17.3 Å². The van der Waals surface area contributed by atoms with E-state index in [0.717, 1.165) is 15.8 Å². The fraction of sp³-hybridized carbons (Fsp3) is 0.176. The van der Waals surface area contributed by atoms with Crippen LogP contribution in [0.3, 0.4) is 0 Å². The number of para-hydroxylation sites is 1. The Morgan fingerprint density at radius 1 is 1.32 bits per heavy atom. The average molecular weight is 373 g/mol. The number of hydrogen-bond donors (Lipinski definition) is 1. The molecule has 3 rings (SSSR count). The number of nitrogens with one attached hydrogen (secondary N) is 1. The van der Waals surface area contributed by atoms with Crippen LogP contribution in [0.5, 0.6) is 0 Å². The molecule has 1 aliphatic rings. The molecule has 2 aromatic carbocycles. The largest absolute Gasteiger partial charge is 0.325 e. The number of nitro benzene ring substituents is 1. The lowest BCUT2D eigenvalue weighted by Gasteiger charge is -2.14. The number of rotatable bonds is 4. The summed E-state index contributed by atoms with van der Waals surface area (Å²) in [6.07, 6.45) is 0. The zero-order chi connectivity index (χ0) is 17.8. The molecule has 2 aromatic rings. The SMILES string of the molecule is Cc1c(NC(=O)CSC2=Nc3ccccc3CS2)cccc1[N+](=O)[O-]. The van der Waals surface area contributed by atoms with Gasteiger partial charge >= 0.3 is 0 Å². The molecule has 128 valence electrons. The Labute approximate surface area is 153 Å². The number of aliphatic imine (C=N–C) groups is 1. The van der Waals surface area contributed by atoms with Crippen LogP contribution in [0.4, 0.5) is 17.1 Å². The number of carbonyl (C=O) groups excluding carboxylic acids is 1. The standard InChI is InChI=1S/C17H15N3O3S2/c1-11-13(7-4-8-15(11)20(22)23)18-16(21)10-25-17-19-14-6-3-2-5-12(14)9-24-17/h2-8H,9-10H2,1H3,(H,18,21). The highest BCUT2D eigenvalue weighted by Gasteiger charge is 2.17. The first-order valence-corrected chi connectivity index (χ1v) is 9.48. The number of nitrogens with zero attached hydrogens (tertiary/aromatic N) is 2. The highest BCUT2D eigenvalue weighted by molar-refractivity contribution is 8.38. The van der Waals surface area contributed by atoms with Gasteiger partial charge in [0.1, 0.15) is 4.38 Å². The number of amides is 1. The molecule has 0 saturated carbocycles. The Hall–Kier alpha value is -2.32. The number of anilines is 1. The Morgan fingerprint density at radius 2 is 2.12 bits per heavy atom. The number of hydrogen-bond acceptors (Lipinski definition) is 6. The van der Waals surface area contributed by atoms with E-state index < -0.39 is 4.92 Å². The number of nitro groups is 1. The van der Waals surface area contributed by atoms with Crippen molar-refractivity contribution < 1.29 is 9.72 Å². The van der Waals surface area contributed by atoms with Gasteiger partial charge in [-0.05, 0) is 24.6 Å². The van der Waals surface area contributed by atoms with Crippen LogP contribution in [0.15, 0.2) is 47.5 Å². The summed E-state index contributed by atoms with van der Waals surface area (Å²) in [5.41, 5.74) is 3.04. The molecular weight excluding hydrogens is 358 g/mol. The molecule has 8 heteroatoms. The zero-order valence-electron chi connectivity index (χ0n) is 13.4. The lowest BCUT2D eigenvalue weighted by Crippen LogP contribution is -2.16. The molecule has 1 N–H and O–H groups in total. The van der Waals surface area contributed by atoms with E-state index >= 15 is 0 Å². The van der Waals surface area contributed by atoms with Crippen molar-refractivity contribution in [2.24, 2.45) is 4.99 Å². The molecule has 1 amide bonds. The number of fused-ring (bicyclic) bond motifs is 1. The predicted octanol–water partition coefficient (Wildman–Crippen LogP) is 4.51. The minimum atomic E-state index is -0.454. The van der Waals surface area contributed by atoms with Crippen LogP contribution >= 0.6 is 23.5 Å². The first kappa shape index (κ1) is 17.5. The fourth-order valence-electron chi connectivity index (χ4n) is 2.36. The van der Waals surface area contributed by atoms with Crippen LogP contribution in [-0.4, -0.2) is 21.0 Å². The molecule has 0 atom stereocenters. The van der Waals surface area contributed by atoms with Gasteiger partial charge in [-0.25, -0.2) is 4.99 Å². The van der Waals surface area contributed by atoms with Crippen LogP contribution in [0.25, 0.3) is 0 Å². The summed E-state index contributed by atoms with van der Waals surface area (Å²) in [5.74, 6) is 0.833. The Morgan fingerprint density at radius 3 is 2.92 bits per heavy atom. The van der Waals surface area contributed by atoms with Gasteiger partial charge in [0.2, 0.25) is 5.91 Å². The predicted molar refractivity (Wildman–Crippen MR) is 104 cm³/mol. The third-order valence-corrected chi connectivity index (χ3v) is 5.90. The lowest BCUT2D eigenvalue weighted by molar-refractivity contribution is -0.385. The van der Waals surface area contributed by atoms with Crippen molar-refractivity contribution in [3.8, 4) is 0 Å². The van der Waals surface area contributed by atoms with Crippen molar-refractivity contribution in [3.63, 3.8) is 0 Å². The second-order valence-corrected chi connectivity index (χ2v) is 7.53. The quantitative estimate of drug-likeness (QED) is 0.629. The molecule has 0 unspecified atom stereocenters. The molecule has 0 fully saturated rings. The van der Waals surface area contributed by atoms with E-state index in [4.69, 9.17) is 0 Å². The van der Waals surface area contributed by atoms with Crippen molar-refractivity contribution in [1.29, 1.82) is 0 Å². The second-order valence-electron chi connectivity index (χ2n) is 5.34. The molecule has 0 saturated heterocycles. The van der Waals surface area contributed by atoms with E-state index in [0.29, 0.717) is 11.3 Å². The van der Waals surface area contributed by atoms with Crippen LogP contribution in [0, 0.1) is 17.0 Å². The number of carbonyl (C=O) groups is 1. The van der Waals surface area contributed by atoms with Gasteiger partial charge in [-0.15, -0.1) is 0 Å². The third kappa shape index (κ3) is 4.21. The van der Waals surface area contributed by atoms with Crippen LogP contribution < -0.4 is 5.32 Å². The molecule has 0 radical (unpaired) electrons. The monoisotopic (exact) mass is 373 g/mol. The van der Waals surface area contributed by atoms with Gasteiger partial charge in [0, 0.05) is 11.8 Å². The van der Waals surface area contributed by atoms with Crippen molar-refractivity contribution in [2.45, 2.75) is 12.7 Å². The highest BCUT2D eigenvalue weighted by Crippen LogP contribution is 2.34. The van der Waals surface area contributed by atoms with E-state index in [1.165, 1.54) is 23.4 Å². The lowest BCUT2D eigenvalue weighted by atomic mass is 10.1. The minimum absolute atomic E-state index is 0.00530. The average Bonchev–Trinajstić information content (AvgIpc) is 2.61. The van der Waals surface area contributed by atoms with E-state index in [1.807, 2.05) is 24.3 Å². The summed E-state index contributed by atoms with van der Waals surface area (Å²) >= 11 is 2.98. The van der Waals surface area contributed by atoms with Gasteiger partial charge in [0.15, 0.2) is 0 Å². The molecule has 0 spiro atoms. The fourth-order valence-corrected chi connectivity index (χ4v) is 4.22. The van der Waals surface area contributed by atoms with Gasteiger partial charge < -0.3 is 5.32 Å². The molecule has 0 bridgehead atoms. The van der Waals surface area contributed by atoms with Crippen LogP contribution in [0.2, 0.25) is 0 Å². The maximum absolute atomic E-state index is 12.2. The first-order valence-electron chi connectivity index (χ1n) is 7.50. The summed E-state index contributed by atoms with van der Waals surface area (Å²) in [5, 5.41) is 13.7. The van der Waals surface area contributed by atoms with Gasteiger partial charge in [0.05, 0.1) is 27.6 Å². The van der Waals surface area contributed by atoms with Gasteiger partial charge in [0.25, 0.3) is 5.69 Å². The minimum Gasteiger partial charge on any atom is -0.325 e. The maximum Gasteiger partial charge on any atom is 0.274 e. The third-order valence-electron chi connectivity index (χ3n) is 3.66. The Kier molecular flexibility index (Phi) is 5.40. The van der Waals surface area contributed by atoms with Gasteiger partial charge in [-0.3, -0.25) is 14.9 Å². The van der Waals surface area contributed by atoms with Gasteiger partial charge in [-0.1, -0.05) is 47.8 Å². The zero-order valence-corrected chi connectivity index (χ0v) is 15.0. The topological polar surface area (TPSA) is 84.6 Å². The Bertz CT molecular complexity index is 868. The highest BCUT2D eigenvalue weighted by atomic mass is 32.2. The molecule has 1 heterocycles. The smallest absolute Gasteiger partial charge is 0.274 e. The number of thioether (sulfide) groups is 2. The van der Waals surface area contributed by atoms with E-state index in [2.05, 4.69) is 10.3 Å². The number of benzene rings is 2. The summed E-state index contributed by atoms with van der Waals surface area (Å²) in [6, 6.07) is 12.6. The van der Waals surface area contributed by atoms with Crippen LogP contribution in [-0.2, 0) is 10.5 Å². The summed E-state index contributed by atoms with van der Waals surface area (Å²) in [6.45, 7) is 1.62. The van der Waals surface area contributed by atoms with Crippen molar-refractivity contribution >= 4 is 50.9 Å². The molecular formula is C17H15N3O3S2. The first-order chi connectivity index (χ1) is 12.0. The Balaban J connectivity index is 1.62. The molecule has 6 nitrogen and oxygen atoms in total. The van der Waals surface area contributed by atoms with Crippen molar-refractivity contribution in [2.75, 3.05) is 11.1 Å². The van der Waals surface area contributed by atoms with Gasteiger partial charge in [-0.2, -0.15) is 0 Å². The maximum atomic E-state index is 12.2. The van der Waals surface area contributed by atoms with E-state index in [9.17, 15) is 14.9 Å². The van der Waals surface area contributed by atoms with Crippen LogP contribution in [0.1, 0.15) is 11.1 Å². The van der Waals surface area contributed by atoms with E-state index in [1.54, 1.807) is 30.8 Å². The van der Waals surface area contributed by atoms with Crippen molar-refractivity contribution in [3.05, 3.63) is 63.7 Å². The molecule has 0 aromatic heterocycles. The van der Waals surface area contributed by atoms with Crippen molar-refractivity contribution in [1.82, 2.24) is 0 Å². The molecule has 0 aliphatic carbocycles. The normalized spacial score (nSPS) is 12.9. The summed E-state index contributed by atoms with van der Waals surface area (Å²) < 4.78 is 0.851. The second kappa shape index (κ2) is 7.71. The summed E-state index contributed by atoms with van der Waals surface area (Å²) in [7, 11) is 0. The molecule has 1 aliphatic heterocycles. The molecule has 25 heavy (non-hydrogen) atoms. The summed E-state index contributed by atoms with van der Waals surface area (Å²) in [4.78, 5) is 27.2.